The Hall–Kier alpha value is -2.94. The largest absolute Gasteiger partial charge is 0.502 e. The van der Waals surface area contributed by atoms with Crippen molar-refractivity contribution in [1.29, 1.82) is 0 Å². The summed E-state index contributed by atoms with van der Waals surface area (Å²) < 4.78 is 0.425. The number of halogens is 1. The number of carbonyl (C=O) groups is 1. The van der Waals surface area contributed by atoms with Crippen LogP contribution >= 0.6 is 15.9 Å². The second-order valence-corrected chi connectivity index (χ2v) is 5.29. The zero-order valence-corrected chi connectivity index (χ0v) is 13.0. The molecule has 0 radical (unpaired) electrons. The van der Waals surface area contributed by atoms with Gasteiger partial charge in [0.2, 0.25) is 5.75 Å². The van der Waals surface area contributed by atoms with Gasteiger partial charge in [-0.05, 0) is 30.3 Å². The summed E-state index contributed by atoms with van der Waals surface area (Å²) in [5.74, 6) is -1.53. The van der Waals surface area contributed by atoms with Gasteiger partial charge in [0, 0.05) is 16.1 Å². The van der Waals surface area contributed by atoms with Crippen LogP contribution in [0, 0.1) is 10.1 Å². The van der Waals surface area contributed by atoms with Crippen LogP contribution < -0.4 is 5.43 Å². The van der Waals surface area contributed by atoms with E-state index in [1.54, 1.807) is 0 Å². The molecular weight excluding hydrogens is 370 g/mol. The van der Waals surface area contributed by atoms with E-state index >= 15 is 0 Å². The molecule has 0 aliphatic carbocycles. The quantitative estimate of drug-likeness (QED) is 0.416. The summed E-state index contributed by atoms with van der Waals surface area (Å²) in [4.78, 5) is 20.9. The fraction of sp³-hybridized carbons (Fsp3) is 0. The first-order valence-corrected chi connectivity index (χ1v) is 6.97. The Kier molecular flexibility index (Phi) is 4.91. The van der Waals surface area contributed by atoms with Crippen molar-refractivity contribution in [3.8, 4) is 5.75 Å². The standard InChI is InChI=1S/C14H10BrN3O5/c15-10-5-9(13(19)12(6-10)18(22)23)7-16-17-11-3-1-8(2-4-11)14(20)21/h1-7,17,19H,(H,20,21)/b16-7-. The molecule has 3 N–H and O–H groups in total. The number of aromatic carboxylic acids is 1. The average Bonchev–Trinajstić information content (AvgIpc) is 2.50. The average molecular weight is 380 g/mol. The zero-order valence-electron chi connectivity index (χ0n) is 11.4. The number of carboxylic acids is 1. The van der Waals surface area contributed by atoms with Crippen LogP contribution in [-0.4, -0.2) is 27.3 Å². The number of carboxylic acid groups (broad SMARTS) is 1. The smallest absolute Gasteiger partial charge is 0.335 e. The number of phenolic OH excluding ortho intramolecular Hbond substituents is 1. The predicted octanol–water partition coefficient (Wildman–Crippen LogP) is 3.21. The molecule has 2 aromatic carbocycles. The van der Waals surface area contributed by atoms with Gasteiger partial charge in [-0.1, -0.05) is 15.9 Å². The Morgan fingerprint density at radius 3 is 2.52 bits per heavy atom. The summed E-state index contributed by atoms with van der Waals surface area (Å²) in [5.41, 5.74) is 3.01. The maximum absolute atomic E-state index is 10.8. The molecule has 118 valence electrons. The summed E-state index contributed by atoms with van der Waals surface area (Å²) in [6.45, 7) is 0. The van der Waals surface area contributed by atoms with E-state index in [9.17, 15) is 20.0 Å². The fourth-order valence-electron chi connectivity index (χ4n) is 1.71. The number of hydrogen-bond acceptors (Lipinski definition) is 6. The number of rotatable bonds is 5. The van der Waals surface area contributed by atoms with E-state index in [2.05, 4.69) is 26.5 Å². The lowest BCUT2D eigenvalue weighted by Crippen LogP contribution is -1.97. The monoisotopic (exact) mass is 379 g/mol. The third kappa shape index (κ3) is 4.04. The molecule has 2 rings (SSSR count). The molecule has 0 aliphatic rings. The number of hydrazone groups is 1. The number of nitro benzene ring substituents is 1. The molecule has 0 saturated carbocycles. The number of hydrogen-bond donors (Lipinski definition) is 3. The van der Waals surface area contributed by atoms with Crippen molar-refractivity contribution in [2.75, 3.05) is 5.43 Å². The van der Waals surface area contributed by atoms with Gasteiger partial charge in [-0.2, -0.15) is 5.10 Å². The van der Waals surface area contributed by atoms with Gasteiger partial charge in [0.05, 0.1) is 22.4 Å². The van der Waals surface area contributed by atoms with Gasteiger partial charge in [0.1, 0.15) is 0 Å². The first-order valence-electron chi connectivity index (χ1n) is 6.18. The SMILES string of the molecule is O=C(O)c1ccc(N/N=C\c2cc(Br)cc([N+](=O)[O-])c2O)cc1. The second kappa shape index (κ2) is 6.88. The first kappa shape index (κ1) is 16.4. The molecule has 0 aromatic heterocycles. The van der Waals surface area contributed by atoms with E-state index in [0.29, 0.717) is 10.2 Å². The summed E-state index contributed by atoms with van der Waals surface area (Å²) in [7, 11) is 0. The van der Waals surface area contributed by atoms with E-state index in [1.165, 1.54) is 42.6 Å². The Balaban J connectivity index is 2.17. The van der Waals surface area contributed by atoms with Crippen LogP contribution in [0.4, 0.5) is 11.4 Å². The van der Waals surface area contributed by atoms with Gasteiger partial charge in [-0.25, -0.2) is 4.79 Å². The van der Waals surface area contributed by atoms with Crippen LogP contribution in [0.15, 0.2) is 46.0 Å². The summed E-state index contributed by atoms with van der Waals surface area (Å²) in [6, 6.07) is 8.50. The summed E-state index contributed by atoms with van der Waals surface area (Å²) in [6.07, 6.45) is 1.22. The van der Waals surface area contributed by atoms with Gasteiger partial charge in [0.15, 0.2) is 0 Å². The van der Waals surface area contributed by atoms with E-state index in [0.717, 1.165) is 0 Å². The molecule has 0 aliphatic heterocycles. The molecule has 0 atom stereocenters. The normalized spacial score (nSPS) is 10.7. The first-order chi connectivity index (χ1) is 10.9. The van der Waals surface area contributed by atoms with Crippen molar-refractivity contribution < 1.29 is 19.9 Å². The third-order valence-corrected chi connectivity index (χ3v) is 3.27. The van der Waals surface area contributed by atoms with Gasteiger partial charge >= 0.3 is 11.7 Å². The highest BCUT2D eigenvalue weighted by atomic mass is 79.9. The molecule has 0 heterocycles. The molecule has 0 unspecified atom stereocenters. The minimum absolute atomic E-state index is 0.139. The number of aromatic hydroxyl groups is 1. The molecule has 9 heteroatoms. The Morgan fingerprint density at radius 1 is 1.30 bits per heavy atom. The highest BCUT2D eigenvalue weighted by Crippen LogP contribution is 2.32. The molecule has 0 fully saturated rings. The molecule has 2 aromatic rings. The molecular formula is C14H10BrN3O5. The van der Waals surface area contributed by atoms with Crippen LogP contribution in [0.25, 0.3) is 0 Å². The van der Waals surface area contributed by atoms with Crippen LogP contribution in [0.5, 0.6) is 5.75 Å². The molecule has 0 saturated heterocycles. The fourth-order valence-corrected chi connectivity index (χ4v) is 2.17. The number of nitrogens with one attached hydrogen (secondary N) is 1. The van der Waals surface area contributed by atoms with E-state index in [1.807, 2.05) is 0 Å². The number of nitrogens with zero attached hydrogens (tertiary/aromatic N) is 2. The predicted molar refractivity (Wildman–Crippen MR) is 87.1 cm³/mol. The van der Waals surface area contributed by atoms with E-state index in [4.69, 9.17) is 5.11 Å². The number of benzene rings is 2. The van der Waals surface area contributed by atoms with Gasteiger partial charge in [-0.15, -0.1) is 0 Å². The Labute approximate surface area is 138 Å². The number of nitro groups is 1. The van der Waals surface area contributed by atoms with Crippen molar-refractivity contribution in [3.63, 3.8) is 0 Å². The lowest BCUT2D eigenvalue weighted by atomic mass is 10.2. The van der Waals surface area contributed by atoms with Crippen LogP contribution in [0.3, 0.4) is 0 Å². The van der Waals surface area contributed by atoms with E-state index < -0.39 is 22.3 Å². The van der Waals surface area contributed by atoms with Crippen molar-refractivity contribution in [3.05, 3.63) is 62.1 Å². The van der Waals surface area contributed by atoms with Crippen LogP contribution in [-0.2, 0) is 0 Å². The topological polar surface area (TPSA) is 125 Å². The van der Waals surface area contributed by atoms with E-state index in [-0.39, 0.29) is 11.1 Å². The highest BCUT2D eigenvalue weighted by molar-refractivity contribution is 9.10. The van der Waals surface area contributed by atoms with Gasteiger partial charge in [0.25, 0.3) is 0 Å². The molecule has 0 amide bonds. The second-order valence-electron chi connectivity index (χ2n) is 4.37. The lowest BCUT2D eigenvalue weighted by Gasteiger charge is -2.03. The molecule has 8 nitrogen and oxygen atoms in total. The minimum atomic E-state index is -1.04. The van der Waals surface area contributed by atoms with Crippen LogP contribution in [0.2, 0.25) is 0 Å². The van der Waals surface area contributed by atoms with Crippen molar-refractivity contribution in [1.82, 2.24) is 0 Å². The lowest BCUT2D eigenvalue weighted by molar-refractivity contribution is -0.385. The minimum Gasteiger partial charge on any atom is -0.502 e. The zero-order chi connectivity index (χ0) is 17.0. The molecule has 0 bridgehead atoms. The highest BCUT2D eigenvalue weighted by Gasteiger charge is 2.17. The third-order valence-electron chi connectivity index (χ3n) is 2.81. The Morgan fingerprint density at radius 2 is 1.96 bits per heavy atom. The summed E-state index contributed by atoms with van der Waals surface area (Å²) >= 11 is 3.12. The van der Waals surface area contributed by atoms with Crippen LogP contribution in [0.1, 0.15) is 15.9 Å². The van der Waals surface area contributed by atoms with Gasteiger partial charge in [-0.3, -0.25) is 15.5 Å². The van der Waals surface area contributed by atoms with Crippen molar-refractivity contribution >= 4 is 39.5 Å². The van der Waals surface area contributed by atoms with Gasteiger partial charge < -0.3 is 10.2 Å². The molecule has 0 spiro atoms. The molecule has 23 heavy (non-hydrogen) atoms. The summed E-state index contributed by atoms with van der Waals surface area (Å²) in [5, 5.41) is 33.3. The van der Waals surface area contributed by atoms with Crippen molar-refractivity contribution in [2.45, 2.75) is 0 Å². The van der Waals surface area contributed by atoms with Crippen molar-refractivity contribution in [2.24, 2.45) is 5.10 Å². The number of anilines is 1. The Bertz CT molecular complexity index is 790. The maximum atomic E-state index is 10.8. The number of phenols is 1. The maximum Gasteiger partial charge on any atom is 0.335 e.